The number of amides is 1. The van der Waals surface area contributed by atoms with Gasteiger partial charge in [0.1, 0.15) is 11.4 Å². The predicted octanol–water partition coefficient (Wildman–Crippen LogP) is 2.93. The molecule has 0 aliphatic carbocycles. The Morgan fingerprint density at radius 3 is 2.25 bits per heavy atom. The summed E-state index contributed by atoms with van der Waals surface area (Å²) in [4.78, 5) is 28.4. The zero-order chi connectivity index (χ0) is 15.5. The molecule has 1 aromatic heterocycles. The maximum absolute atomic E-state index is 12.2. The van der Waals surface area contributed by atoms with Crippen LogP contribution in [-0.4, -0.2) is 33.8 Å². The minimum Gasteiger partial charge on any atom is -0.478 e. The Kier molecular flexibility index (Phi) is 4.70. The van der Waals surface area contributed by atoms with Gasteiger partial charge in [0.15, 0.2) is 0 Å². The van der Waals surface area contributed by atoms with Crippen molar-refractivity contribution in [3.8, 4) is 0 Å². The number of rotatable bonds is 3. The number of carbonyl (C=O) groups is 2. The molecule has 0 unspecified atom stereocenters. The predicted molar refractivity (Wildman–Crippen MR) is 75.0 cm³/mol. The first-order valence-electron chi connectivity index (χ1n) is 6.33. The van der Waals surface area contributed by atoms with Crippen LogP contribution in [-0.2, 0) is 4.74 Å². The van der Waals surface area contributed by atoms with Gasteiger partial charge in [-0.05, 0) is 46.8 Å². The molecule has 0 aliphatic rings. The lowest BCUT2D eigenvalue weighted by molar-refractivity contribution is 0.0569. The second-order valence-electron chi connectivity index (χ2n) is 5.65. The van der Waals surface area contributed by atoms with Crippen molar-refractivity contribution in [2.45, 2.75) is 46.3 Å². The molecule has 0 aromatic carbocycles. The summed E-state index contributed by atoms with van der Waals surface area (Å²) in [7, 11) is 0. The third kappa shape index (κ3) is 4.22. The number of aromatic carboxylic acids is 1. The summed E-state index contributed by atoms with van der Waals surface area (Å²) in [6, 6.07) is 2.74. The molecule has 1 aromatic rings. The maximum Gasteiger partial charge on any atom is 0.416 e. The number of anilines is 1. The highest BCUT2D eigenvalue weighted by atomic mass is 16.6. The maximum atomic E-state index is 12.2. The molecular formula is C14H20N2O4. The molecule has 0 radical (unpaired) electrons. The Labute approximate surface area is 118 Å². The normalized spacial score (nSPS) is 11.3. The fraction of sp³-hybridized carbons (Fsp3) is 0.500. The summed E-state index contributed by atoms with van der Waals surface area (Å²) in [6.45, 7) is 9.01. The fourth-order valence-corrected chi connectivity index (χ4v) is 1.54. The molecule has 0 saturated carbocycles. The van der Waals surface area contributed by atoms with Crippen LogP contribution in [0.15, 0.2) is 18.3 Å². The van der Waals surface area contributed by atoms with Gasteiger partial charge in [0.2, 0.25) is 0 Å². The van der Waals surface area contributed by atoms with E-state index in [4.69, 9.17) is 9.84 Å². The monoisotopic (exact) mass is 280 g/mol. The van der Waals surface area contributed by atoms with Gasteiger partial charge in [-0.1, -0.05) is 0 Å². The lowest BCUT2D eigenvalue weighted by Gasteiger charge is -2.29. The summed E-state index contributed by atoms with van der Waals surface area (Å²) in [6.07, 6.45) is 0.709. The van der Waals surface area contributed by atoms with E-state index >= 15 is 0 Å². The third-order valence-corrected chi connectivity index (χ3v) is 2.35. The number of hydrogen-bond acceptors (Lipinski definition) is 4. The molecule has 0 fully saturated rings. The number of aromatic nitrogens is 1. The molecule has 0 atom stereocenters. The summed E-state index contributed by atoms with van der Waals surface area (Å²) in [5.41, 5.74) is -0.535. The van der Waals surface area contributed by atoms with Crippen LogP contribution in [0.5, 0.6) is 0 Å². The highest BCUT2D eigenvalue weighted by Crippen LogP contribution is 2.19. The van der Waals surface area contributed by atoms with E-state index in [1.807, 2.05) is 13.8 Å². The van der Waals surface area contributed by atoms with E-state index in [2.05, 4.69) is 4.98 Å². The molecule has 1 amide bonds. The van der Waals surface area contributed by atoms with Crippen molar-refractivity contribution >= 4 is 17.9 Å². The molecule has 6 heteroatoms. The second kappa shape index (κ2) is 5.90. The molecule has 0 saturated heterocycles. The number of carboxylic acids is 1. The summed E-state index contributed by atoms with van der Waals surface area (Å²) < 4.78 is 5.32. The molecule has 0 bridgehead atoms. The van der Waals surface area contributed by atoms with Crippen LogP contribution in [0.4, 0.5) is 10.6 Å². The first-order valence-corrected chi connectivity index (χ1v) is 6.33. The molecule has 1 N–H and O–H groups in total. The van der Waals surface area contributed by atoms with E-state index in [0.29, 0.717) is 5.82 Å². The molecule has 1 heterocycles. The van der Waals surface area contributed by atoms with Crippen molar-refractivity contribution in [3.63, 3.8) is 0 Å². The Bertz CT molecular complexity index is 489. The SMILES string of the molecule is CC(C)N(C(=O)OC(C)(C)C)c1ccc(C(=O)O)cn1. The average Bonchev–Trinajstić information content (AvgIpc) is 2.26. The Morgan fingerprint density at radius 2 is 1.90 bits per heavy atom. The minimum absolute atomic E-state index is 0.0710. The highest BCUT2D eigenvalue weighted by molar-refractivity contribution is 5.89. The van der Waals surface area contributed by atoms with E-state index in [1.165, 1.54) is 23.2 Å². The van der Waals surface area contributed by atoms with Crippen molar-refractivity contribution in [1.82, 2.24) is 4.98 Å². The van der Waals surface area contributed by atoms with E-state index in [1.54, 1.807) is 20.8 Å². The quantitative estimate of drug-likeness (QED) is 0.920. The van der Waals surface area contributed by atoms with E-state index in [9.17, 15) is 9.59 Å². The van der Waals surface area contributed by atoms with Crippen LogP contribution in [0, 0.1) is 0 Å². The number of ether oxygens (including phenoxy) is 1. The first-order chi connectivity index (χ1) is 9.11. The topological polar surface area (TPSA) is 79.7 Å². The highest BCUT2D eigenvalue weighted by Gasteiger charge is 2.26. The number of carboxylic acid groups (broad SMARTS) is 1. The average molecular weight is 280 g/mol. The first kappa shape index (κ1) is 15.9. The van der Waals surface area contributed by atoms with Crippen molar-refractivity contribution in [2.24, 2.45) is 0 Å². The van der Waals surface area contributed by atoms with Gasteiger partial charge in [0.25, 0.3) is 0 Å². The molecule has 0 aliphatic heterocycles. The van der Waals surface area contributed by atoms with E-state index in [0.717, 1.165) is 0 Å². The van der Waals surface area contributed by atoms with Crippen LogP contribution >= 0.6 is 0 Å². The van der Waals surface area contributed by atoms with Gasteiger partial charge in [0.05, 0.1) is 5.56 Å². The van der Waals surface area contributed by atoms with Crippen molar-refractivity contribution < 1.29 is 19.4 Å². The molecule has 0 spiro atoms. The largest absolute Gasteiger partial charge is 0.478 e. The third-order valence-electron chi connectivity index (χ3n) is 2.35. The van der Waals surface area contributed by atoms with Gasteiger partial charge in [-0.3, -0.25) is 4.90 Å². The molecule has 6 nitrogen and oxygen atoms in total. The van der Waals surface area contributed by atoms with Gasteiger partial charge < -0.3 is 9.84 Å². The second-order valence-corrected chi connectivity index (χ2v) is 5.65. The lowest BCUT2D eigenvalue weighted by atomic mass is 10.2. The number of hydrogen-bond donors (Lipinski definition) is 1. The number of nitrogens with zero attached hydrogens (tertiary/aromatic N) is 2. The van der Waals surface area contributed by atoms with Gasteiger partial charge >= 0.3 is 12.1 Å². The summed E-state index contributed by atoms with van der Waals surface area (Å²) in [5, 5.41) is 8.84. The fourth-order valence-electron chi connectivity index (χ4n) is 1.54. The Hall–Kier alpha value is -2.11. The van der Waals surface area contributed by atoms with Crippen molar-refractivity contribution in [3.05, 3.63) is 23.9 Å². The molecule has 110 valence electrons. The number of carbonyl (C=O) groups excluding carboxylic acids is 1. The van der Waals surface area contributed by atoms with E-state index < -0.39 is 17.7 Å². The summed E-state index contributed by atoms with van der Waals surface area (Å²) in [5.74, 6) is -0.698. The zero-order valence-electron chi connectivity index (χ0n) is 12.4. The lowest BCUT2D eigenvalue weighted by Crippen LogP contribution is -2.41. The van der Waals surface area contributed by atoms with Crippen molar-refractivity contribution in [1.29, 1.82) is 0 Å². The molecule has 20 heavy (non-hydrogen) atoms. The van der Waals surface area contributed by atoms with Crippen LogP contribution in [0.1, 0.15) is 45.0 Å². The van der Waals surface area contributed by atoms with Crippen LogP contribution in [0.3, 0.4) is 0 Å². The summed E-state index contributed by atoms with van der Waals surface area (Å²) >= 11 is 0. The Morgan fingerprint density at radius 1 is 1.30 bits per heavy atom. The van der Waals surface area contributed by atoms with Gasteiger partial charge in [0, 0.05) is 12.2 Å². The molecule has 1 rings (SSSR count). The van der Waals surface area contributed by atoms with Gasteiger partial charge in [-0.2, -0.15) is 0 Å². The van der Waals surface area contributed by atoms with Crippen LogP contribution in [0.25, 0.3) is 0 Å². The van der Waals surface area contributed by atoms with E-state index in [-0.39, 0.29) is 11.6 Å². The van der Waals surface area contributed by atoms with Crippen molar-refractivity contribution in [2.75, 3.05) is 4.90 Å². The van der Waals surface area contributed by atoms with Crippen LogP contribution < -0.4 is 4.90 Å². The van der Waals surface area contributed by atoms with Gasteiger partial charge in [-0.15, -0.1) is 0 Å². The minimum atomic E-state index is -1.06. The number of pyridine rings is 1. The Balaban J connectivity index is 3.02. The standard InChI is InChI=1S/C14H20N2O4/c1-9(2)16(13(19)20-14(3,4)5)11-7-6-10(8-15-11)12(17)18/h6-9H,1-5H3,(H,17,18). The molecular weight excluding hydrogens is 260 g/mol. The zero-order valence-corrected chi connectivity index (χ0v) is 12.4. The van der Waals surface area contributed by atoms with Gasteiger partial charge in [-0.25, -0.2) is 14.6 Å². The smallest absolute Gasteiger partial charge is 0.416 e. The van der Waals surface area contributed by atoms with Crippen LogP contribution in [0.2, 0.25) is 0 Å².